The van der Waals surface area contributed by atoms with Gasteiger partial charge < -0.3 is 16.0 Å². The molecule has 3 heterocycles. The van der Waals surface area contributed by atoms with Gasteiger partial charge in [0, 0.05) is 58.3 Å². The van der Waals surface area contributed by atoms with Crippen LogP contribution in [0.2, 0.25) is 5.02 Å². The van der Waals surface area contributed by atoms with E-state index in [2.05, 4.69) is 15.3 Å². The van der Waals surface area contributed by atoms with Crippen LogP contribution >= 0.6 is 11.6 Å². The topological polar surface area (TPSA) is 96.5 Å². The third-order valence-corrected chi connectivity index (χ3v) is 7.33. The number of halogens is 3. The summed E-state index contributed by atoms with van der Waals surface area (Å²) in [6.45, 7) is 1.39. The first kappa shape index (κ1) is 28.3. The molecule has 0 radical (unpaired) electrons. The molecule has 4 aromatic rings. The summed E-state index contributed by atoms with van der Waals surface area (Å²) in [5.41, 5.74) is 9.63. The van der Waals surface area contributed by atoms with Crippen LogP contribution < -0.4 is 11.1 Å². The number of anilines is 2. The van der Waals surface area contributed by atoms with E-state index in [4.69, 9.17) is 22.3 Å². The summed E-state index contributed by atoms with van der Waals surface area (Å²) in [4.78, 5) is 28.4. The Bertz CT molecular complexity index is 1620. The van der Waals surface area contributed by atoms with Crippen LogP contribution in [0.3, 0.4) is 0 Å². The minimum atomic E-state index is -0.714. The summed E-state index contributed by atoms with van der Waals surface area (Å²) >= 11 is 6.30. The van der Waals surface area contributed by atoms with Gasteiger partial charge in [0.25, 0.3) is 5.91 Å². The van der Waals surface area contributed by atoms with E-state index < -0.39 is 11.6 Å². The SMILES string of the molecule is C.NC1CCCN(C(=O)c2ccc(Nc3ncc4c(n3)-c3ccc(Cl)cc3C(c3c(F)cccc3F)=NC4)cc2)C1. The van der Waals surface area contributed by atoms with Gasteiger partial charge in [-0.1, -0.05) is 31.2 Å². The van der Waals surface area contributed by atoms with Crippen molar-refractivity contribution in [3.05, 3.63) is 106 Å². The second-order valence-corrected chi connectivity index (χ2v) is 10.3. The Hall–Kier alpha value is -4.21. The molecule has 3 N–H and O–H groups in total. The van der Waals surface area contributed by atoms with Gasteiger partial charge in [-0.3, -0.25) is 9.79 Å². The second-order valence-electron chi connectivity index (χ2n) is 9.87. The first-order chi connectivity index (χ1) is 19.4. The minimum Gasteiger partial charge on any atom is -0.337 e. The Morgan fingerprint density at radius 1 is 1.05 bits per heavy atom. The molecule has 7 nitrogen and oxygen atoms in total. The molecule has 2 aliphatic rings. The standard InChI is InChI=1S/C30H25ClF2N6O.CH4/c31-19-8-11-22-23(13-19)28(26-24(32)4-1-5-25(26)33)35-14-18-15-36-30(38-27(18)22)37-21-9-6-17(7-10-21)29(40)39-12-2-3-20(34)16-39;/h1,4-11,13,15,20H,2-3,12,14,16,34H2,(H,36,37,38);1H4. The summed E-state index contributed by atoms with van der Waals surface area (Å²) in [7, 11) is 0. The predicted octanol–water partition coefficient (Wildman–Crippen LogP) is 6.37. The van der Waals surface area contributed by atoms with Gasteiger partial charge in [-0.25, -0.2) is 18.7 Å². The monoisotopic (exact) mass is 574 g/mol. The van der Waals surface area contributed by atoms with Crippen LogP contribution in [0.1, 0.15) is 47.3 Å². The van der Waals surface area contributed by atoms with E-state index in [0.29, 0.717) is 57.7 Å². The summed E-state index contributed by atoms with van der Waals surface area (Å²) in [5, 5.41) is 3.58. The maximum absolute atomic E-state index is 14.8. The zero-order valence-corrected chi connectivity index (χ0v) is 22.1. The lowest BCUT2D eigenvalue weighted by Crippen LogP contribution is -2.45. The molecule has 2 aliphatic heterocycles. The fraction of sp³-hybridized carbons (Fsp3) is 0.226. The summed E-state index contributed by atoms with van der Waals surface area (Å²) in [6.07, 6.45) is 3.47. The lowest BCUT2D eigenvalue weighted by Gasteiger charge is -2.30. The number of hydrogen-bond acceptors (Lipinski definition) is 6. The number of fused-ring (bicyclic) bond motifs is 3. The Morgan fingerprint density at radius 2 is 1.80 bits per heavy atom. The fourth-order valence-corrected chi connectivity index (χ4v) is 5.30. The molecule has 6 rings (SSSR count). The molecule has 1 unspecified atom stereocenters. The molecule has 0 bridgehead atoms. The number of carbonyl (C=O) groups excluding carboxylic acids is 1. The number of nitrogens with two attached hydrogens (primary N) is 1. The van der Waals surface area contributed by atoms with Gasteiger partial charge in [-0.2, -0.15) is 0 Å². The van der Waals surface area contributed by atoms with Crippen molar-refractivity contribution < 1.29 is 13.6 Å². The fourth-order valence-electron chi connectivity index (χ4n) is 5.12. The lowest BCUT2D eigenvalue weighted by molar-refractivity contribution is 0.0709. The summed E-state index contributed by atoms with van der Waals surface area (Å²) in [6, 6.07) is 15.9. The van der Waals surface area contributed by atoms with Crippen molar-refractivity contribution in [2.75, 3.05) is 18.4 Å². The van der Waals surface area contributed by atoms with E-state index in [-0.39, 0.29) is 37.2 Å². The number of nitrogens with one attached hydrogen (secondary N) is 1. The maximum Gasteiger partial charge on any atom is 0.253 e. The van der Waals surface area contributed by atoms with Crippen molar-refractivity contribution in [1.82, 2.24) is 14.9 Å². The molecule has 1 aromatic heterocycles. The third kappa shape index (κ3) is 5.68. The molecule has 1 fully saturated rings. The van der Waals surface area contributed by atoms with E-state index >= 15 is 0 Å². The Labute approximate surface area is 242 Å². The van der Waals surface area contributed by atoms with Crippen molar-refractivity contribution >= 4 is 34.9 Å². The van der Waals surface area contributed by atoms with Crippen LogP contribution in [0.5, 0.6) is 0 Å². The van der Waals surface area contributed by atoms with Gasteiger partial charge in [0.1, 0.15) is 11.6 Å². The van der Waals surface area contributed by atoms with Crippen LogP contribution in [-0.2, 0) is 6.54 Å². The molecule has 1 atom stereocenters. The van der Waals surface area contributed by atoms with Gasteiger partial charge in [-0.05, 0) is 61.4 Å². The van der Waals surface area contributed by atoms with Crippen LogP contribution in [-0.4, -0.2) is 45.6 Å². The zero-order chi connectivity index (χ0) is 27.8. The van der Waals surface area contributed by atoms with Crippen LogP contribution in [0.15, 0.2) is 71.9 Å². The van der Waals surface area contributed by atoms with E-state index in [1.807, 2.05) is 0 Å². The highest BCUT2D eigenvalue weighted by Gasteiger charge is 2.26. The average molecular weight is 575 g/mol. The van der Waals surface area contributed by atoms with E-state index in [1.165, 1.54) is 18.2 Å². The van der Waals surface area contributed by atoms with E-state index in [0.717, 1.165) is 12.8 Å². The van der Waals surface area contributed by atoms with Crippen molar-refractivity contribution in [3.8, 4) is 11.3 Å². The van der Waals surface area contributed by atoms with Gasteiger partial charge in [0.2, 0.25) is 5.95 Å². The average Bonchev–Trinajstić information content (AvgIpc) is 3.10. The zero-order valence-electron chi connectivity index (χ0n) is 21.4. The van der Waals surface area contributed by atoms with Crippen molar-refractivity contribution in [2.45, 2.75) is 32.9 Å². The van der Waals surface area contributed by atoms with Gasteiger partial charge in [0.05, 0.1) is 23.5 Å². The molecule has 0 aliphatic carbocycles. The molecular weight excluding hydrogens is 546 g/mol. The van der Waals surface area contributed by atoms with Crippen LogP contribution in [0.4, 0.5) is 20.4 Å². The molecule has 0 saturated carbocycles. The number of likely N-dealkylation sites (tertiary alicyclic amines) is 1. The van der Waals surface area contributed by atoms with E-state index in [1.54, 1.807) is 53.6 Å². The van der Waals surface area contributed by atoms with E-state index in [9.17, 15) is 13.6 Å². The number of carbonyl (C=O) groups is 1. The number of rotatable bonds is 4. The lowest BCUT2D eigenvalue weighted by atomic mass is 9.95. The highest BCUT2D eigenvalue weighted by atomic mass is 35.5. The summed E-state index contributed by atoms with van der Waals surface area (Å²) < 4.78 is 29.6. The predicted molar refractivity (Wildman–Crippen MR) is 158 cm³/mol. The number of nitrogens with zero attached hydrogens (tertiary/aromatic N) is 4. The minimum absolute atomic E-state index is 0. The number of aliphatic imine (C=N–C) groups is 1. The molecular formula is C31H29ClF2N6O. The molecule has 1 saturated heterocycles. The smallest absolute Gasteiger partial charge is 0.253 e. The Kier molecular flexibility index (Phi) is 8.10. The number of amides is 1. The number of aromatic nitrogens is 2. The summed E-state index contributed by atoms with van der Waals surface area (Å²) in [5.74, 6) is -1.15. The highest BCUT2D eigenvalue weighted by Crippen LogP contribution is 2.34. The first-order valence-electron chi connectivity index (χ1n) is 12.9. The number of piperidine rings is 1. The van der Waals surface area contributed by atoms with Gasteiger partial charge in [0.15, 0.2) is 0 Å². The number of benzene rings is 3. The van der Waals surface area contributed by atoms with Crippen molar-refractivity contribution in [2.24, 2.45) is 10.7 Å². The van der Waals surface area contributed by atoms with Crippen LogP contribution in [0.25, 0.3) is 11.3 Å². The Balaban J connectivity index is 0.00000337. The molecule has 0 spiro atoms. The van der Waals surface area contributed by atoms with Crippen molar-refractivity contribution in [1.29, 1.82) is 0 Å². The van der Waals surface area contributed by atoms with Gasteiger partial charge >= 0.3 is 0 Å². The normalized spacial score (nSPS) is 16.0. The molecule has 1 amide bonds. The molecule has 10 heteroatoms. The Morgan fingerprint density at radius 3 is 2.54 bits per heavy atom. The largest absolute Gasteiger partial charge is 0.337 e. The maximum atomic E-state index is 14.8. The third-order valence-electron chi connectivity index (χ3n) is 7.10. The van der Waals surface area contributed by atoms with Crippen LogP contribution in [0, 0.1) is 11.6 Å². The van der Waals surface area contributed by atoms with Crippen molar-refractivity contribution in [3.63, 3.8) is 0 Å². The second kappa shape index (κ2) is 11.7. The first-order valence-corrected chi connectivity index (χ1v) is 13.3. The molecule has 210 valence electrons. The van der Waals surface area contributed by atoms with Gasteiger partial charge in [-0.15, -0.1) is 0 Å². The number of hydrogen-bond donors (Lipinski definition) is 2. The molecule has 41 heavy (non-hydrogen) atoms. The quantitative estimate of drug-likeness (QED) is 0.295. The highest BCUT2D eigenvalue weighted by molar-refractivity contribution is 6.31. The molecule has 3 aromatic carbocycles.